The lowest BCUT2D eigenvalue weighted by Crippen LogP contribution is -2.47. The maximum atomic E-state index is 14.1. The van der Waals surface area contributed by atoms with Crippen LogP contribution in [0.3, 0.4) is 0 Å². The van der Waals surface area contributed by atoms with E-state index in [1.54, 1.807) is 36.5 Å². The van der Waals surface area contributed by atoms with Crippen molar-refractivity contribution >= 4 is 49.6 Å². The quantitative estimate of drug-likeness (QED) is 0.176. The predicted octanol–water partition coefficient (Wildman–Crippen LogP) is 4.84. The second kappa shape index (κ2) is 13.2. The Morgan fingerprint density at radius 3 is 2.33 bits per heavy atom. The number of hydrogen-bond acceptors (Lipinski definition) is 11. The molecule has 0 bridgehead atoms. The van der Waals surface area contributed by atoms with Crippen molar-refractivity contribution in [3.8, 4) is 11.1 Å². The van der Waals surface area contributed by atoms with Crippen LogP contribution in [-0.2, 0) is 14.8 Å². The molecule has 3 aromatic carbocycles. The van der Waals surface area contributed by atoms with Gasteiger partial charge in [-0.2, -0.15) is 0 Å². The molecular weight excluding hydrogens is 658 g/mol. The number of nitro benzene ring substituents is 1. The average molecular weight is 689 g/mol. The molecule has 0 saturated carbocycles. The second-order valence-corrected chi connectivity index (χ2v) is 13.3. The first-order valence-electron chi connectivity index (χ1n) is 15.5. The molecule has 0 unspecified atom stereocenters. The first-order chi connectivity index (χ1) is 23.6. The third kappa shape index (κ3) is 6.77. The summed E-state index contributed by atoms with van der Waals surface area (Å²) in [6, 6.07) is 14.6. The number of piperazine rings is 1. The Balaban J connectivity index is 1.08. The molecule has 2 aliphatic rings. The molecule has 1 N–H and O–H groups in total. The molecule has 0 atom stereocenters. The molecule has 4 heterocycles. The molecule has 7 rings (SSSR count). The molecule has 5 aromatic rings. The number of nitrogens with one attached hydrogen (secondary N) is 1. The minimum Gasteiger partial charge on any atom is -0.378 e. The molecule has 13 nitrogen and oxygen atoms in total. The molecule has 2 fully saturated rings. The normalized spacial score (nSPS) is 15.4. The Kier molecular flexibility index (Phi) is 8.64. The predicted molar refractivity (Wildman–Crippen MR) is 180 cm³/mol. The fourth-order valence-corrected chi connectivity index (χ4v) is 7.00. The molecule has 0 aliphatic carbocycles. The summed E-state index contributed by atoms with van der Waals surface area (Å²) >= 11 is 0. The van der Waals surface area contributed by atoms with Gasteiger partial charge in [0.15, 0.2) is 0 Å². The lowest BCUT2D eigenvalue weighted by Gasteiger charge is -2.37. The van der Waals surface area contributed by atoms with Crippen LogP contribution in [0.15, 0.2) is 84.1 Å². The minimum atomic E-state index is -4.23. The monoisotopic (exact) mass is 688 g/mol. The summed E-state index contributed by atoms with van der Waals surface area (Å²) in [6.45, 7) is 4.88. The van der Waals surface area contributed by atoms with Gasteiger partial charge < -0.3 is 19.4 Å². The van der Waals surface area contributed by atoms with E-state index in [1.165, 1.54) is 12.3 Å². The van der Waals surface area contributed by atoms with Crippen molar-refractivity contribution in [1.82, 2.24) is 15.0 Å². The van der Waals surface area contributed by atoms with E-state index in [9.17, 15) is 27.3 Å². The number of benzene rings is 3. The molecule has 2 saturated heterocycles. The van der Waals surface area contributed by atoms with Gasteiger partial charge in [-0.1, -0.05) is 6.07 Å². The zero-order valence-corrected chi connectivity index (χ0v) is 26.8. The Bertz CT molecular complexity index is 2160. The summed E-state index contributed by atoms with van der Waals surface area (Å²) in [6.07, 6.45) is 4.37. The number of aromatic nitrogens is 3. The number of fused-ring (bicyclic) bond motifs is 1. The van der Waals surface area contributed by atoms with Gasteiger partial charge in [0.25, 0.3) is 15.7 Å². The Morgan fingerprint density at radius 1 is 0.796 bits per heavy atom. The van der Waals surface area contributed by atoms with Gasteiger partial charge in [0.1, 0.15) is 28.0 Å². The standard InChI is InChI=1S/C33H30F2N8O5S/c34-24-2-5-28(27(35)17-24)39-49(46,47)26-15-23(19-36-20-26)22-1-4-29-30(16-22)38-33(21-37-29)42-9-7-40(8-10-42)25-3-6-31(43(44)45)32(18-25)41-11-13-48-14-12-41/h1-6,15-21,39H,7-14H2. The molecule has 2 aliphatic heterocycles. The number of sulfonamides is 1. The van der Waals surface area contributed by atoms with E-state index in [1.807, 2.05) is 11.0 Å². The summed E-state index contributed by atoms with van der Waals surface area (Å²) in [5, 5.41) is 11.7. The smallest absolute Gasteiger partial charge is 0.292 e. The highest BCUT2D eigenvalue weighted by molar-refractivity contribution is 7.92. The van der Waals surface area contributed by atoms with Crippen LogP contribution < -0.4 is 19.4 Å². The fourth-order valence-electron chi connectivity index (χ4n) is 5.95. The number of nitrogens with zero attached hydrogens (tertiary/aromatic N) is 7. The Labute approximate surface area is 280 Å². The van der Waals surface area contributed by atoms with E-state index in [0.29, 0.717) is 92.2 Å². The molecular formula is C33H30F2N8O5S. The van der Waals surface area contributed by atoms with E-state index in [0.717, 1.165) is 24.0 Å². The summed E-state index contributed by atoms with van der Waals surface area (Å²) in [5.74, 6) is -1.18. The van der Waals surface area contributed by atoms with E-state index >= 15 is 0 Å². The highest BCUT2D eigenvalue weighted by Gasteiger charge is 2.25. The summed E-state index contributed by atoms with van der Waals surface area (Å²) in [7, 11) is -4.23. The average Bonchev–Trinajstić information content (AvgIpc) is 3.12. The zero-order chi connectivity index (χ0) is 34.1. The van der Waals surface area contributed by atoms with Crippen molar-refractivity contribution in [3.05, 3.63) is 101 Å². The number of pyridine rings is 1. The second-order valence-electron chi connectivity index (χ2n) is 11.6. The van der Waals surface area contributed by atoms with Crippen LogP contribution in [0.25, 0.3) is 22.2 Å². The number of halogens is 2. The number of nitro groups is 1. The summed E-state index contributed by atoms with van der Waals surface area (Å²) in [5.41, 5.74) is 3.60. The van der Waals surface area contributed by atoms with Crippen LogP contribution in [0.1, 0.15) is 0 Å². The first-order valence-corrected chi connectivity index (χ1v) is 16.9. The van der Waals surface area contributed by atoms with Gasteiger partial charge in [-0.15, -0.1) is 0 Å². The van der Waals surface area contributed by atoms with Gasteiger partial charge in [0.2, 0.25) is 0 Å². The SMILES string of the molecule is O=[N+]([O-])c1ccc(N2CCN(c3cnc4ccc(-c5cncc(S(=O)(=O)Nc6ccc(F)cc6F)c5)cc4n3)CC2)cc1N1CCOCC1. The molecule has 0 radical (unpaired) electrons. The van der Waals surface area contributed by atoms with Gasteiger partial charge in [0.05, 0.1) is 41.1 Å². The molecule has 2 aromatic heterocycles. The van der Waals surface area contributed by atoms with Crippen molar-refractivity contribution < 1.29 is 26.9 Å². The topological polar surface area (TPSA) is 147 Å². The number of hydrogen-bond donors (Lipinski definition) is 1. The third-order valence-corrected chi connectivity index (χ3v) is 9.87. The molecule has 0 amide bonds. The van der Waals surface area contributed by atoms with Gasteiger partial charge >= 0.3 is 0 Å². The van der Waals surface area contributed by atoms with E-state index in [4.69, 9.17) is 9.72 Å². The van der Waals surface area contributed by atoms with Crippen molar-refractivity contribution in [3.63, 3.8) is 0 Å². The molecule has 252 valence electrons. The maximum absolute atomic E-state index is 14.1. The Hall–Kier alpha value is -5.48. The largest absolute Gasteiger partial charge is 0.378 e. The van der Waals surface area contributed by atoms with Gasteiger partial charge in [-0.3, -0.25) is 24.8 Å². The number of anilines is 4. The third-order valence-electron chi connectivity index (χ3n) is 8.54. The highest BCUT2D eigenvalue weighted by atomic mass is 32.2. The molecule has 16 heteroatoms. The maximum Gasteiger partial charge on any atom is 0.292 e. The van der Waals surface area contributed by atoms with Gasteiger partial charge in [0, 0.05) is 75.0 Å². The van der Waals surface area contributed by atoms with Crippen LogP contribution >= 0.6 is 0 Å². The van der Waals surface area contributed by atoms with Crippen molar-refractivity contribution in [1.29, 1.82) is 0 Å². The van der Waals surface area contributed by atoms with E-state index in [2.05, 4.69) is 24.5 Å². The van der Waals surface area contributed by atoms with Crippen LogP contribution in [0.5, 0.6) is 0 Å². The van der Waals surface area contributed by atoms with Crippen LogP contribution in [0.2, 0.25) is 0 Å². The Morgan fingerprint density at radius 2 is 1.57 bits per heavy atom. The van der Waals surface area contributed by atoms with Crippen molar-refractivity contribution in [2.24, 2.45) is 0 Å². The van der Waals surface area contributed by atoms with Gasteiger partial charge in [-0.25, -0.2) is 22.2 Å². The summed E-state index contributed by atoms with van der Waals surface area (Å²) < 4.78 is 61.1. The number of rotatable bonds is 8. The van der Waals surface area contributed by atoms with E-state index in [-0.39, 0.29) is 21.2 Å². The number of morpholine rings is 1. The van der Waals surface area contributed by atoms with Crippen LogP contribution in [-0.4, -0.2) is 80.8 Å². The van der Waals surface area contributed by atoms with E-state index < -0.39 is 21.7 Å². The lowest BCUT2D eigenvalue weighted by atomic mass is 10.1. The fraction of sp³-hybridized carbons (Fsp3) is 0.242. The first kappa shape index (κ1) is 32.1. The minimum absolute atomic E-state index is 0.0799. The molecule has 0 spiro atoms. The van der Waals surface area contributed by atoms with Gasteiger partial charge in [-0.05, 0) is 48.0 Å². The van der Waals surface area contributed by atoms with Crippen LogP contribution in [0.4, 0.5) is 37.3 Å². The van der Waals surface area contributed by atoms with Crippen molar-refractivity contribution in [2.75, 3.05) is 71.9 Å². The zero-order valence-electron chi connectivity index (χ0n) is 26.0. The van der Waals surface area contributed by atoms with Crippen LogP contribution in [0, 0.1) is 21.7 Å². The lowest BCUT2D eigenvalue weighted by molar-refractivity contribution is -0.384. The summed E-state index contributed by atoms with van der Waals surface area (Å²) in [4.78, 5) is 31.1. The number of ether oxygens (including phenoxy) is 1. The highest BCUT2D eigenvalue weighted by Crippen LogP contribution is 2.34. The van der Waals surface area contributed by atoms with Crippen molar-refractivity contribution in [2.45, 2.75) is 4.90 Å². The molecule has 49 heavy (non-hydrogen) atoms.